The Morgan fingerprint density at radius 2 is 2.44 bits per heavy atom. The summed E-state index contributed by atoms with van der Waals surface area (Å²) in [6.45, 7) is 3.66. The summed E-state index contributed by atoms with van der Waals surface area (Å²) in [6, 6.07) is 0. The Hall–Kier alpha value is -1.96. The highest BCUT2D eigenvalue weighted by molar-refractivity contribution is 5.97. The summed E-state index contributed by atoms with van der Waals surface area (Å²) < 4.78 is 1.66. The molecule has 0 bridgehead atoms. The van der Waals surface area contributed by atoms with Gasteiger partial charge in [0.1, 0.15) is 0 Å². The van der Waals surface area contributed by atoms with Crippen molar-refractivity contribution in [2.24, 2.45) is 5.92 Å². The van der Waals surface area contributed by atoms with Crippen LogP contribution in [0.5, 0.6) is 0 Å². The lowest BCUT2D eigenvalue weighted by molar-refractivity contribution is 0.0764. The van der Waals surface area contributed by atoms with E-state index in [-0.39, 0.29) is 5.91 Å². The number of anilines is 1. The molecule has 0 aliphatic heterocycles. The minimum absolute atomic E-state index is 0.162. The summed E-state index contributed by atoms with van der Waals surface area (Å²) in [7, 11) is 0. The van der Waals surface area contributed by atoms with Crippen molar-refractivity contribution in [3.8, 4) is 12.3 Å². The van der Waals surface area contributed by atoms with Crippen molar-refractivity contribution < 1.29 is 4.79 Å². The van der Waals surface area contributed by atoms with Gasteiger partial charge in [0.25, 0.3) is 5.91 Å². The van der Waals surface area contributed by atoms with Gasteiger partial charge in [-0.2, -0.15) is 5.10 Å². The Balaban J connectivity index is 2.15. The lowest BCUT2D eigenvalue weighted by Gasteiger charge is -2.19. The molecule has 18 heavy (non-hydrogen) atoms. The molecule has 0 saturated heterocycles. The van der Waals surface area contributed by atoms with Gasteiger partial charge >= 0.3 is 0 Å². The Morgan fingerprint density at radius 1 is 1.72 bits per heavy atom. The minimum Gasteiger partial charge on any atom is -0.396 e. The van der Waals surface area contributed by atoms with Gasteiger partial charge in [-0.05, 0) is 25.7 Å². The van der Waals surface area contributed by atoms with Crippen LogP contribution in [-0.2, 0) is 6.54 Å². The van der Waals surface area contributed by atoms with Gasteiger partial charge < -0.3 is 10.6 Å². The summed E-state index contributed by atoms with van der Waals surface area (Å²) in [6.07, 6.45) is 9.34. The number of carbonyl (C=O) groups is 1. The molecule has 1 aliphatic rings. The molecule has 96 valence electrons. The molecular weight excluding hydrogens is 228 g/mol. The molecule has 1 aliphatic carbocycles. The topological polar surface area (TPSA) is 64.2 Å². The number of nitrogen functional groups attached to an aromatic ring is 1. The van der Waals surface area contributed by atoms with E-state index in [1.807, 2.05) is 6.92 Å². The summed E-state index contributed by atoms with van der Waals surface area (Å²) in [5.41, 5.74) is 6.54. The molecule has 5 nitrogen and oxygen atoms in total. The number of rotatable bonds is 5. The Kier molecular flexibility index (Phi) is 3.56. The molecule has 0 unspecified atom stereocenters. The maximum Gasteiger partial charge on any atom is 0.277 e. The summed E-state index contributed by atoms with van der Waals surface area (Å²) >= 11 is 0. The monoisotopic (exact) mass is 246 g/mol. The van der Waals surface area contributed by atoms with Crippen molar-refractivity contribution in [2.45, 2.75) is 26.3 Å². The van der Waals surface area contributed by atoms with Gasteiger partial charge in [-0.3, -0.25) is 9.48 Å². The van der Waals surface area contributed by atoms with Crippen molar-refractivity contribution >= 4 is 11.6 Å². The van der Waals surface area contributed by atoms with Gasteiger partial charge in [-0.15, -0.1) is 6.42 Å². The average Bonchev–Trinajstić information content (AvgIpc) is 3.09. The number of hydrogen-bond acceptors (Lipinski definition) is 3. The van der Waals surface area contributed by atoms with E-state index in [0.717, 1.165) is 0 Å². The van der Waals surface area contributed by atoms with Crippen molar-refractivity contribution in [1.29, 1.82) is 0 Å². The first kappa shape index (κ1) is 12.5. The summed E-state index contributed by atoms with van der Waals surface area (Å²) in [5, 5.41) is 4.19. The maximum atomic E-state index is 12.3. The molecule has 1 fully saturated rings. The van der Waals surface area contributed by atoms with Crippen LogP contribution in [0.4, 0.5) is 5.69 Å². The molecular formula is C13H18N4O. The lowest BCUT2D eigenvalue weighted by Crippen LogP contribution is -2.34. The zero-order valence-corrected chi connectivity index (χ0v) is 10.6. The van der Waals surface area contributed by atoms with Crippen molar-refractivity contribution in [3.63, 3.8) is 0 Å². The zero-order valence-electron chi connectivity index (χ0n) is 10.6. The highest BCUT2D eigenvalue weighted by Crippen LogP contribution is 2.30. The number of hydrogen-bond donors (Lipinski definition) is 1. The molecule has 1 aromatic rings. The van der Waals surface area contributed by atoms with Gasteiger partial charge in [0.05, 0.1) is 12.2 Å². The molecule has 1 amide bonds. The van der Waals surface area contributed by atoms with E-state index >= 15 is 0 Å². The van der Waals surface area contributed by atoms with Crippen LogP contribution in [0.25, 0.3) is 0 Å². The van der Waals surface area contributed by atoms with Crippen LogP contribution in [0.15, 0.2) is 6.20 Å². The normalized spacial score (nSPS) is 14.2. The molecule has 2 rings (SSSR count). The van der Waals surface area contributed by atoms with Gasteiger partial charge in [-0.25, -0.2) is 0 Å². The number of nitrogens with zero attached hydrogens (tertiary/aromatic N) is 3. The predicted octanol–water partition coefficient (Wildman–Crippen LogP) is 0.971. The van der Waals surface area contributed by atoms with E-state index < -0.39 is 0 Å². The third-order valence-corrected chi connectivity index (χ3v) is 3.06. The fraction of sp³-hybridized carbons (Fsp3) is 0.538. The first-order valence-electron chi connectivity index (χ1n) is 6.21. The maximum absolute atomic E-state index is 12.3. The standard InChI is InChI=1S/C13H18N4O/c1-3-7-16(8-10-5-6-10)13(18)12-11(14)9-17(4-2)15-12/h1,9-10H,4-8,14H2,2H3. The molecule has 0 atom stereocenters. The minimum atomic E-state index is -0.162. The largest absolute Gasteiger partial charge is 0.396 e. The van der Waals surface area contributed by atoms with Gasteiger partial charge in [0.2, 0.25) is 0 Å². The number of aryl methyl sites for hydroxylation is 1. The quantitative estimate of drug-likeness (QED) is 0.787. The second-order valence-electron chi connectivity index (χ2n) is 4.62. The molecule has 1 aromatic heterocycles. The number of carbonyl (C=O) groups excluding carboxylic acids is 1. The highest BCUT2D eigenvalue weighted by Gasteiger charge is 2.28. The number of nitrogens with two attached hydrogens (primary N) is 1. The van der Waals surface area contributed by atoms with Crippen LogP contribution in [0.1, 0.15) is 30.3 Å². The van der Waals surface area contributed by atoms with Gasteiger partial charge in [0, 0.05) is 19.3 Å². The Labute approximate surface area is 107 Å². The van der Waals surface area contributed by atoms with Crippen LogP contribution in [-0.4, -0.2) is 33.7 Å². The van der Waals surface area contributed by atoms with Gasteiger partial charge in [-0.1, -0.05) is 5.92 Å². The van der Waals surface area contributed by atoms with Gasteiger partial charge in [0.15, 0.2) is 5.69 Å². The first-order chi connectivity index (χ1) is 8.65. The molecule has 0 radical (unpaired) electrons. The number of terminal acetylenes is 1. The smallest absolute Gasteiger partial charge is 0.277 e. The first-order valence-corrected chi connectivity index (χ1v) is 6.21. The second-order valence-corrected chi connectivity index (χ2v) is 4.62. The fourth-order valence-corrected chi connectivity index (χ4v) is 1.86. The fourth-order valence-electron chi connectivity index (χ4n) is 1.86. The second kappa shape index (κ2) is 5.13. The SMILES string of the molecule is C#CCN(CC1CC1)C(=O)c1nn(CC)cc1N. The molecule has 0 spiro atoms. The molecule has 0 aromatic carbocycles. The van der Waals surface area contributed by atoms with E-state index in [0.29, 0.717) is 36.9 Å². The predicted molar refractivity (Wildman–Crippen MR) is 69.8 cm³/mol. The van der Waals surface area contributed by atoms with Crippen molar-refractivity contribution in [3.05, 3.63) is 11.9 Å². The lowest BCUT2D eigenvalue weighted by atomic mass is 10.3. The van der Waals surface area contributed by atoms with Crippen LogP contribution < -0.4 is 5.73 Å². The van der Waals surface area contributed by atoms with E-state index in [9.17, 15) is 4.79 Å². The van der Waals surface area contributed by atoms with Crippen LogP contribution in [0.3, 0.4) is 0 Å². The van der Waals surface area contributed by atoms with Crippen molar-refractivity contribution in [1.82, 2.24) is 14.7 Å². The molecule has 1 saturated carbocycles. The van der Waals surface area contributed by atoms with Crippen LogP contribution in [0, 0.1) is 18.3 Å². The van der Waals surface area contributed by atoms with Crippen molar-refractivity contribution in [2.75, 3.05) is 18.8 Å². The van der Waals surface area contributed by atoms with E-state index in [2.05, 4.69) is 11.0 Å². The van der Waals surface area contributed by atoms with E-state index in [4.69, 9.17) is 12.2 Å². The van der Waals surface area contributed by atoms with Crippen LogP contribution in [0.2, 0.25) is 0 Å². The third kappa shape index (κ3) is 2.65. The average molecular weight is 246 g/mol. The summed E-state index contributed by atoms with van der Waals surface area (Å²) in [4.78, 5) is 14.0. The molecule has 2 N–H and O–H groups in total. The third-order valence-electron chi connectivity index (χ3n) is 3.06. The Bertz CT molecular complexity index is 482. The van der Waals surface area contributed by atoms with E-state index in [1.54, 1.807) is 15.8 Å². The Morgan fingerprint density at radius 3 is 2.94 bits per heavy atom. The molecule has 1 heterocycles. The van der Waals surface area contributed by atoms with Crippen LogP contribution >= 0.6 is 0 Å². The highest BCUT2D eigenvalue weighted by atomic mass is 16.2. The zero-order chi connectivity index (χ0) is 13.1. The molecule has 5 heteroatoms. The number of aromatic nitrogens is 2. The number of amides is 1. The summed E-state index contributed by atoms with van der Waals surface area (Å²) in [5.74, 6) is 2.95. The van der Waals surface area contributed by atoms with E-state index in [1.165, 1.54) is 12.8 Å².